The highest BCUT2D eigenvalue weighted by molar-refractivity contribution is 5.87. The first-order valence-corrected chi connectivity index (χ1v) is 25.7. The predicted molar refractivity (Wildman–Crippen MR) is 292 cm³/mol. The van der Waals surface area contributed by atoms with Gasteiger partial charge in [0.25, 0.3) is 0 Å². The summed E-state index contributed by atoms with van der Waals surface area (Å²) >= 11 is 0. The molecule has 3 aliphatic carbocycles. The molecule has 0 bridgehead atoms. The molecule has 0 aliphatic heterocycles. The van der Waals surface area contributed by atoms with Crippen LogP contribution in [-0.4, -0.2) is 104 Å². The molecule has 6 aromatic rings. The van der Waals surface area contributed by atoms with E-state index >= 15 is 0 Å². The van der Waals surface area contributed by atoms with Crippen LogP contribution in [0.25, 0.3) is 0 Å². The molecule has 6 atom stereocenters. The fraction of sp³-hybridized carbons (Fsp3) is 0.300. The van der Waals surface area contributed by atoms with Crippen molar-refractivity contribution in [1.82, 2.24) is 0 Å². The van der Waals surface area contributed by atoms with Crippen LogP contribution in [0.15, 0.2) is 139 Å². The highest BCUT2D eigenvalue weighted by Gasteiger charge is 2.26. The van der Waals surface area contributed by atoms with E-state index in [0.717, 1.165) is 77.0 Å². The van der Waals surface area contributed by atoms with E-state index < -0.39 is 69.4 Å². The van der Waals surface area contributed by atoms with Crippen LogP contribution in [0.4, 0.5) is 26.3 Å². The molecule has 0 saturated heterocycles. The van der Waals surface area contributed by atoms with Crippen molar-refractivity contribution in [3.05, 3.63) is 177 Å². The minimum atomic E-state index is -0.686. The van der Waals surface area contributed by atoms with Gasteiger partial charge in [0.15, 0.2) is 69.4 Å². The van der Waals surface area contributed by atoms with Gasteiger partial charge in [-0.2, -0.15) is 0 Å². The summed E-state index contributed by atoms with van der Waals surface area (Å²) in [7, 11) is 0. The molecule has 3 saturated carbocycles. The third-order valence-electron chi connectivity index (χ3n) is 13.6. The van der Waals surface area contributed by atoms with Crippen LogP contribution >= 0.6 is 0 Å². The minimum Gasteiger partial charge on any atom is -0.504 e. The van der Waals surface area contributed by atoms with E-state index in [-0.39, 0.29) is 36.3 Å². The molecular weight excluding hydrogens is 1010 g/mol. The lowest BCUT2D eigenvalue weighted by Gasteiger charge is -2.25. The van der Waals surface area contributed by atoms with Crippen molar-refractivity contribution < 1.29 is 57.0 Å². The summed E-state index contributed by atoms with van der Waals surface area (Å²) in [5.41, 5.74) is 1.92. The Hall–Kier alpha value is -8.28. The summed E-state index contributed by atoms with van der Waals surface area (Å²) in [4.78, 5) is 26.9. The summed E-state index contributed by atoms with van der Waals surface area (Å²) in [5, 5.41) is 58.5. The number of hydrogen-bond donors (Lipinski definition) is 6. The van der Waals surface area contributed by atoms with Crippen molar-refractivity contribution in [2.75, 3.05) is 0 Å². The number of aromatic hydroxyl groups is 6. The third-order valence-corrected chi connectivity index (χ3v) is 13.6. The standard InChI is InChI=1S/3C20H20F2N2O2/c3*21-15-7-3-5-13(19(15)25)11-23-17-9-1-2-10-18(17)24-12-14-6-4-8-16(22)20(14)26/h3*3-8,11-12,17-18,25-26H,1-2,9-10H2/t3*17-,18-/m111/s1. The number of aliphatic imine (C=N–C) groups is 6. The van der Waals surface area contributed by atoms with Crippen molar-refractivity contribution in [2.24, 2.45) is 30.0 Å². The molecular formula is C60H60F6N6O6. The number of phenols is 6. The van der Waals surface area contributed by atoms with Gasteiger partial charge < -0.3 is 30.6 Å². The molecule has 0 radical (unpaired) electrons. The Kier molecular flexibility index (Phi) is 20.8. The predicted octanol–water partition coefficient (Wildman–Crippen LogP) is 12.7. The Balaban J connectivity index is 0.000000170. The molecule has 0 heterocycles. The van der Waals surface area contributed by atoms with Crippen molar-refractivity contribution in [3.63, 3.8) is 0 Å². The number of hydrogen-bond acceptors (Lipinski definition) is 12. The topological polar surface area (TPSA) is 196 Å². The first-order chi connectivity index (χ1) is 37.7. The number of rotatable bonds is 12. The van der Waals surface area contributed by atoms with Crippen LogP contribution in [0.5, 0.6) is 34.5 Å². The highest BCUT2D eigenvalue weighted by atomic mass is 19.1. The minimum absolute atomic E-state index is 0.113. The zero-order valence-corrected chi connectivity index (χ0v) is 42.4. The molecule has 3 fully saturated rings. The summed E-state index contributed by atoms with van der Waals surface area (Å²) in [6.45, 7) is 0. The van der Waals surface area contributed by atoms with Crippen LogP contribution in [0.3, 0.4) is 0 Å². The Morgan fingerprint density at radius 2 is 0.397 bits per heavy atom. The monoisotopic (exact) mass is 1070 g/mol. The maximum atomic E-state index is 13.4. The zero-order chi connectivity index (χ0) is 55.6. The van der Waals surface area contributed by atoms with Gasteiger partial charge in [-0.15, -0.1) is 0 Å². The van der Waals surface area contributed by atoms with E-state index in [2.05, 4.69) is 30.0 Å². The number of nitrogens with zero attached hydrogens (tertiary/aromatic N) is 6. The van der Waals surface area contributed by atoms with Crippen molar-refractivity contribution in [3.8, 4) is 34.5 Å². The second kappa shape index (κ2) is 28.2. The van der Waals surface area contributed by atoms with Gasteiger partial charge in [0.1, 0.15) is 0 Å². The van der Waals surface area contributed by atoms with Gasteiger partial charge in [-0.05, 0) is 111 Å². The Morgan fingerprint density at radius 1 is 0.256 bits per heavy atom. The molecule has 6 aromatic carbocycles. The van der Waals surface area contributed by atoms with Gasteiger partial charge in [0.2, 0.25) is 0 Å². The van der Waals surface area contributed by atoms with Gasteiger partial charge in [0.05, 0.1) is 36.3 Å². The first kappa shape index (κ1) is 57.4. The van der Waals surface area contributed by atoms with Crippen molar-refractivity contribution >= 4 is 37.3 Å². The van der Waals surface area contributed by atoms with Crippen LogP contribution in [0.2, 0.25) is 0 Å². The molecule has 78 heavy (non-hydrogen) atoms. The van der Waals surface area contributed by atoms with Gasteiger partial charge in [0, 0.05) is 70.7 Å². The smallest absolute Gasteiger partial charge is 0.165 e. The second-order valence-corrected chi connectivity index (χ2v) is 19.0. The van der Waals surface area contributed by atoms with E-state index in [4.69, 9.17) is 0 Å². The van der Waals surface area contributed by atoms with Gasteiger partial charge in [-0.1, -0.05) is 74.9 Å². The van der Waals surface area contributed by atoms with Crippen LogP contribution in [0, 0.1) is 34.9 Å². The second-order valence-electron chi connectivity index (χ2n) is 19.0. The van der Waals surface area contributed by atoms with Crippen LogP contribution in [-0.2, 0) is 0 Å². The molecule has 6 N–H and O–H groups in total. The molecule has 3 aliphatic rings. The number of halogens is 6. The van der Waals surface area contributed by atoms with Gasteiger partial charge >= 0.3 is 0 Å². The summed E-state index contributed by atoms with van der Waals surface area (Å²) in [6.07, 6.45) is 19.8. The lowest BCUT2D eigenvalue weighted by molar-refractivity contribution is 0.389. The molecule has 18 heteroatoms. The lowest BCUT2D eigenvalue weighted by Crippen LogP contribution is -2.27. The van der Waals surface area contributed by atoms with E-state index in [1.54, 1.807) is 36.4 Å². The SMILES string of the molecule is Oc1c(F)cccc1C=N[C@@H]1CCCC[C@H]1N=Cc1cccc(F)c1O.Oc1c(F)cccc1C=N[C@@H]1CCCC[C@H]1N=Cc1cccc(F)c1O.Oc1c(F)cccc1C=N[C@@H]1CCCC[C@H]1N=Cc1cccc(F)c1O. The average molecular weight is 1080 g/mol. The number of phenolic OH excluding ortho intramolecular Hbond substituents is 6. The fourth-order valence-electron chi connectivity index (χ4n) is 9.19. The van der Waals surface area contributed by atoms with E-state index in [1.165, 1.54) is 110 Å². The summed E-state index contributed by atoms with van der Waals surface area (Å²) in [6, 6.07) is 25.1. The number of para-hydroxylation sites is 6. The normalized spacial score (nSPS) is 20.8. The van der Waals surface area contributed by atoms with Crippen LogP contribution < -0.4 is 0 Å². The lowest BCUT2D eigenvalue weighted by atomic mass is 9.91. The molecule has 9 rings (SSSR count). The Morgan fingerprint density at radius 3 is 0.538 bits per heavy atom. The van der Waals surface area contributed by atoms with E-state index in [0.29, 0.717) is 33.4 Å². The zero-order valence-electron chi connectivity index (χ0n) is 42.4. The molecule has 408 valence electrons. The number of benzene rings is 6. The summed E-state index contributed by atoms with van der Waals surface area (Å²) in [5.74, 6) is -6.64. The summed E-state index contributed by atoms with van der Waals surface area (Å²) < 4.78 is 80.5. The van der Waals surface area contributed by atoms with Crippen molar-refractivity contribution in [2.45, 2.75) is 113 Å². The van der Waals surface area contributed by atoms with Gasteiger partial charge in [-0.25, -0.2) is 26.3 Å². The quantitative estimate of drug-likeness (QED) is 0.0521. The highest BCUT2D eigenvalue weighted by Crippen LogP contribution is 2.30. The Bertz CT molecular complexity index is 2630. The van der Waals surface area contributed by atoms with E-state index in [9.17, 15) is 57.0 Å². The molecule has 0 amide bonds. The largest absolute Gasteiger partial charge is 0.504 e. The van der Waals surface area contributed by atoms with Crippen LogP contribution in [0.1, 0.15) is 110 Å². The maximum Gasteiger partial charge on any atom is 0.165 e. The molecule has 0 aromatic heterocycles. The molecule has 0 spiro atoms. The molecule has 0 unspecified atom stereocenters. The van der Waals surface area contributed by atoms with Gasteiger partial charge in [-0.3, -0.25) is 30.0 Å². The fourth-order valence-corrected chi connectivity index (χ4v) is 9.19. The average Bonchev–Trinajstić information content (AvgIpc) is 3.45. The van der Waals surface area contributed by atoms with Crippen molar-refractivity contribution in [1.29, 1.82) is 0 Å². The van der Waals surface area contributed by atoms with E-state index in [1.807, 2.05) is 0 Å². The first-order valence-electron chi connectivity index (χ1n) is 25.7. The Labute approximate surface area is 448 Å². The maximum absolute atomic E-state index is 13.4. The third kappa shape index (κ3) is 15.7. The molecule has 12 nitrogen and oxygen atoms in total.